The second kappa shape index (κ2) is 11.0. The molecule has 0 fully saturated rings. The Kier molecular flexibility index (Phi) is 8.06. The van der Waals surface area contributed by atoms with E-state index in [2.05, 4.69) is 125 Å². The lowest BCUT2D eigenvalue weighted by molar-refractivity contribution is 0.489. The Balaban J connectivity index is 1.73. The SMILES string of the molecule is CC(C)(C)[Si](C)(C)Oc1ccc(OP(c2ccccc2)c2ccccc2)c(Sc2ccccc2)c1. The summed E-state index contributed by atoms with van der Waals surface area (Å²) in [5, 5.41) is 2.50. The van der Waals surface area contributed by atoms with Crippen LogP contribution in [-0.2, 0) is 0 Å². The molecule has 0 radical (unpaired) electrons. The molecule has 0 unspecified atom stereocenters. The summed E-state index contributed by atoms with van der Waals surface area (Å²) >= 11 is 1.72. The molecule has 0 N–H and O–H groups in total. The molecule has 0 atom stereocenters. The van der Waals surface area contributed by atoms with Crippen LogP contribution in [0.4, 0.5) is 0 Å². The fourth-order valence-corrected chi connectivity index (χ4v) is 7.02. The van der Waals surface area contributed by atoms with Crippen molar-refractivity contribution in [2.24, 2.45) is 0 Å². The van der Waals surface area contributed by atoms with Crippen LogP contribution in [0.5, 0.6) is 11.5 Å². The van der Waals surface area contributed by atoms with E-state index in [1.54, 1.807) is 11.8 Å². The molecule has 2 nitrogen and oxygen atoms in total. The minimum Gasteiger partial charge on any atom is -0.543 e. The van der Waals surface area contributed by atoms with Crippen molar-refractivity contribution in [1.82, 2.24) is 0 Å². The molecule has 4 aromatic carbocycles. The van der Waals surface area contributed by atoms with E-state index in [9.17, 15) is 0 Å². The van der Waals surface area contributed by atoms with Crippen LogP contribution >= 0.6 is 19.9 Å². The summed E-state index contributed by atoms with van der Waals surface area (Å²) in [4.78, 5) is 2.23. The fourth-order valence-electron chi connectivity index (χ4n) is 3.25. The Labute approximate surface area is 216 Å². The fraction of sp³-hybridized carbons (Fsp3) is 0.200. The summed E-state index contributed by atoms with van der Waals surface area (Å²) < 4.78 is 13.5. The molecule has 0 saturated carbocycles. The van der Waals surface area contributed by atoms with E-state index in [-0.39, 0.29) is 5.04 Å². The standard InChI is InChI=1S/C30H33O2PSSi/c1-30(2,3)35(4,5)32-24-21-22-28(29(23-24)34-27-19-13-8-14-20-27)31-33(25-15-9-6-10-16-25)26-17-11-7-12-18-26/h6-23H,1-5H3. The summed E-state index contributed by atoms with van der Waals surface area (Å²) in [6, 6.07) is 37.7. The zero-order chi connectivity index (χ0) is 24.9. The third-order valence-electron chi connectivity index (χ3n) is 6.24. The smallest absolute Gasteiger partial charge is 0.250 e. The second-order valence-corrected chi connectivity index (χ2v) is 17.6. The predicted octanol–water partition coefficient (Wildman–Crippen LogP) is 8.65. The van der Waals surface area contributed by atoms with Gasteiger partial charge in [-0.15, -0.1) is 0 Å². The quantitative estimate of drug-likeness (QED) is 0.172. The molecule has 0 bridgehead atoms. The van der Waals surface area contributed by atoms with Crippen LogP contribution in [0.1, 0.15) is 20.8 Å². The van der Waals surface area contributed by atoms with E-state index in [0.29, 0.717) is 0 Å². The van der Waals surface area contributed by atoms with Crippen molar-refractivity contribution in [3.05, 3.63) is 109 Å². The summed E-state index contributed by atoms with van der Waals surface area (Å²) in [6.07, 6.45) is 0. The molecule has 0 aliphatic heterocycles. The molecule has 0 aliphatic carbocycles. The average molecular weight is 517 g/mol. The van der Waals surface area contributed by atoms with Crippen molar-refractivity contribution >= 4 is 38.8 Å². The van der Waals surface area contributed by atoms with Gasteiger partial charge in [-0.2, -0.15) is 0 Å². The van der Waals surface area contributed by atoms with E-state index in [4.69, 9.17) is 8.95 Å². The van der Waals surface area contributed by atoms with Gasteiger partial charge < -0.3 is 8.95 Å². The van der Waals surface area contributed by atoms with Crippen LogP contribution in [0, 0.1) is 0 Å². The lowest BCUT2D eigenvalue weighted by Crippen LogP contribution is -2.43. The molecular formula is C30H33O2PSSi. The van der Waals surface area contributed by atoms with Crippen LogP contribution in [0.2, 0.25) is 18.1 Å². The Morgan fingerprint density at radius 2 is 1.20 bits per heavy atom. The maximum absolute atomic E-state index is 6.84. The molecule has 0 amide bonds. The molecule has 4 aromatic rings. The highest BCUT2D eigenvalue weighted by Crippen LogP contribution is 2.45. The van der Waals surface area contributed by atoms with Gasteiger partial charge in [0.15, 0.2) is 8.15 Å². The van der Waals surface area contributed by atoms with E-state index >= 15 is 0 Å². The normalized spacial score (nSPS) is 11.9. The summed E-state index contributed by atoms with van der Waals surface area (Å²) in [5.41, 5.74) is 0. The van der Waals surface area contributed by atoms with Crippen molar-refractivity contribution < 1.29 is 8.95 Å². The average Bonchev–Trinajstić information content (AvgIpc) is 2.84. The summed E-state index contributed by atoms with van der Waals surface area (Å²) in [7, 11) is -2.98. The van der Waals surface area contributed by atoms with E-state index in [1.165, 1.54) is 15.5 Å². The van der Waals surface area contributed by atoms with Gasteiger partial charge in [0.25, 0.3) is 0 Å². The van der Waals surface area contributed by atoms with E-state index in [0.717, 1.165) is 16.4 Å². The number of hydrogen-bond donors (Lipinski definition) is 0. The first kappa shape index (κ1) is 25.6. The lowest BCUT2D eigenvalue weighted by Gasteiger charge is -2.36. The van der Waals surface area contributed by atoms with Crippen LogP contribution in [0.15, 0.2) is 119 Å². The molecule has 5 heteroatoms. The largest absolute Gasteiger partial charge is 0.543 e. The third-order valence-corrected chi connectivity index (χ3v) is 13.6. The first-order valence-electron chi connectivity index (χ1n) is 11.9. The topological polar surface area (TPSA) is 18.5 Å². The first-order valence-corrected chi connectivity index (χ1v) is 16.9. The maximum atomic E-state index is 6.84. The van der Waals surface area contributed by atoms with Gasteiger partial charge in [-0.25, -0.2) is 0 Å². The Hall–Kier alpha value is -2.52. The molecular weight excluding hydrogens is 483 g/mol. The van der Waals surface area contributed by atoms with Gasteiger partial charge in [-0.1, -0.05) is 111 Å². The summed E-state index contributed by atoms with van der Waals surface area (Å²) in [6.45, 7) is 11.4. The zero-order valence-corrected chi connectivity index (χ0v) is 23.8. The minimum absolute atomic E-state index is 0.129. The third kappa shape index (κ3) is 6.58. The molecule has 0 aliphatic rings. The first-order chi connectivity index (χ1) is 16.7. The molecule has 35 heavy (non-hydrogen) atoms. The van der Waals surface area contributed by atoms with E-state index in [1.807, 2.05) is 18.2 Å². The zero-order valence-electron chi connectivity index (χ0n) is 21.1. The van der Waals surface area contributed by atoms with E-state index < -0.39 is 16.5 Å². The van der Waals surface area contributed by atoms with Crippen molar-refractivity contribution in [2.75, 3.05) is 0 Å². The van der Waals surface area contributed by atoms with Gasteiger partial charge >= 0.3 is 0 Å². The predicted molar refractivity (Wildman–Crippen MR) is 155 cm³/mol. The Bertz CT molecular complexity index is 1190. The van der Waals surface area contributed by atoms with Gasteiger partial charge in [-0.05, 0) is 48.5 Å². The van der Waals surface area contributed by atoms with Gasteiger partial charge in [0.2, 0.25) is 8.32 Å². The van der Waals surface area contributed by atoms with Crippen molar-refractivity contribution in [1.29, 1.82) is 0 Å². The monoisotopic (exact) mass is 516 g/mol. The second-order valence-electron chi connectivity index (χ2n) is 9.94. The highest BCUT2D eigenvalue weighted by molar-refractivity contribution is 7.99. The molecule has 0 spiro atoms. The van der Waals surface area contributed by atoms with Crippen LogP contribution in [-0.4, -0.2) is 8.32 Å². The van der Waals surface area contributed by atoms with Gasteiger partial charge in [0.1, 0.15) is 11.5 Å². The molecule has 0 saturated heterocycles. The highest BCUT2D eigenvalue weighted by atomic mass is 32.2. The number of rotatable bonds is 8. The molecule has 4 rings (SSSR count). The lowest BCUT2D eigenvalue weighted by atomic mass is 10.2. The van der Waals surface area contributed by atoms with Crippen molar-refractivity contribution in [3.8, 4) is 11.5 Å². The Morgan fingerprint density at radius 3 is 1.71 bits per heavy atom. The van der Waals surface area contributed by atoms with Crippen molar-refractivity contribution in [2.45, 2.75) is 48.7 Å². The van der Waals surface area contributed by atoms with Gasteiger partial charge in [-0.3, -0.25) is 0 Å². The number of benzene rings is 4. The molecule has 0 aromatic heterocycles. The van der Waals surface area contributed by atoms with Crippen LogP contribution < -0.4 is 19.6 Å². The van der Waals surface area contributed by atoms with Crippen molar-refractivity contribution in [3.63, 3.8) is 0 Å². The molecule has 180 valence electrons. The Morgan fingerprint density at radius 1 is 0.686 bits per heavy atom. The molecule has 0 heterocycles. The van der Waals surface area contributed by atoms with Gasteiger partial charge in [0, 0.05) is 15.5 Å². The maximum Gasteiger partial charge on any atom is 0.250 e. The minimum atomic E-state index is -1.96. The highest BCUT2D eigenvalue weighted by Gasteiger charge is 2.39. The number of hydrogen-bond acceptors (Lipinski definition) is 3. The van der Waals surface area contributed by atoms with Crippen LogP contribution in [0.25, 0.3) is 0 Å². The summed E-state index contributed by atoms with van der Waals surface area (Å²) in [5.74, 6) is 1.78. The van der Waals surface area contributed by atoms with Gasteiger partial charge in [0.05, 0.1) is 4.90 Å². The van der Waals surface area contributed by atoms with Crippen LogP contribution in [0.3, 0.4) is 0 Å².